The predicted octanol–water partition coefficient (Wildman–Crippen LogP) is 2.42. The average molecular weight is 199 g/mol. The number of nitrogens with zero attached hydrogens (tertiary/aromatic N) is 1. The zero-order valence-electron chi connectivity index (χ0n) is 9.38. The van der Waals surface area contributed by atoms with E-state index in [1.54, 1.807) is 0 Å². The Kier molecular flexibility index (Phi) is 7.06. The molecule has 2 heteroatoms. The summed E-state index contributed by atoms with van der Waals surface area (Å²) in [5.41, 5.74) is 0. The minimum atomic E-state index is 0.361. The highest BCUT2D eigenvalue weighted by Crippen LogP contribution is 2.11. The van der Waals surface area contributed by atoms with Crippen LogP contribution in [0.3, 0.4) is 0 Å². The second-order valence-corrected chi connectivity index (χ2v) is 4.39. The molecule has 1 heterocycles. The Morgan fingerprint density at radius 3 is 2.07 bits per heavy atom. The standard InChI is InChI=1S/C12H25NO/c14-12-8-4-7-11-13-9-5-2-1-3-6-10-13/h14H,1-12H2. The van der Waals surface area contributed by atoms with E-state index in [9.17, 15) is 0 Å². The fourth-order valence-electron chi connectivity index (χ4n) is 2.16. The van der Waals surface area contributed by atoms with Gasteiger partial charge in [0.1, 0.15) is 0 Å². The number of aliphatic hydroxyl groups excluding tert-OH is 1. The number of aliphatic hydroxyl groups is 1. The third-order valence-electron chi connectivity index (χ3n) is 3.08. The van der Waals surface area contributed by atoms with E-state index < -0.39 is 0 Å². The zero-order valence-corrected chi connectivity index (χ0v) is 9.38. The summed E-state index contributed by atoms with van der Waals surface area (Å²) in [5.74, 6) is 0. The summed E-state index contributed by atoms with van der Waals surface area (Å²) in [6.45, 7) is 4.22. The van der Waals surface area contributed by atoms with Gasteiger partial charge in [-0.05, 0) is 51.7 Å². The van der Waals surface area contributed by atoms with Gasteiger partial charge in [0.15, 0.2) is 0 Å². The van der Waals surface area contributed by atoms with Crippen LogP contribution in [0.5, 0.6) is 0 Å². The van der Waals surface area contributed by atoms with Gasteiger partial charge in [-0.3, -0.25) is 0 Å². The number of hydrogen-bond donors (Lipinski definition) is 1. The SMILES string of the molecule is OCCCCCN1CCCCCCC1. The molecular weight excluding hydrogens is 174 g/mol. The smallest absolute Gasteiger partial charge is 0.0431 e. The molecule has 1 rings (SSSR count). The highest BCUT2D eigenvalue weighted by atomic mass is 16.2. The summed E-state index contributed by atoms with van der Waals surface area (Å²) in [4.78, 5) is 2.61. The molecule has 0 aromatic carbocycles. The van der Waals surface area contributed by atoms with Crippen LogP contribution in [-0.4, -0.2) is 36.2 Å². The normalized spacial score (nSPS) is 20.4. The number of unbranched alkanes of at least 4 members (excludes halogenated alkanes) is 2. The maximum absolute atomic E-state index is 8.67. The summed E-state index contributed by atoms with van der Waals surface area (Å²) in [6, 6.07) is 0. The van der Waals surface area contributed by atoms with Crippen molar-refractivity contribution in [3.63, 3.8) is 0 Å². The van der Waals surface area contributed by atoms with Crippen molar-refractivity contribution in [1.82, 2.24) is 4.90 Å². The molecule has 0 amide bonds. The van der Waals surface area contributed by atoms with E-state index in [4.69, 9.17) is 5.11 Å². The van der Waals surface area contributed by atoms with Crippen LogP contribution in [0.15, 0.2) is 0 Å². The molecule has 1 aliphatic rings. The van der Waals surface area contributed by atoms with Crippen LogP contribution >= 0.6 is 0 Å². The second kappa shape index (κ2) is 8.25. The lowest BCUT2D eigenvalue weighted by Crippen LogP contribution is -2.28. The predicted molar refractivity (Wildman–Crippen MR) is 60.5 cm³/mol. The van der Waals surface area contributed by atoms with Gasteiger partial charge < -0.3 is 10.0 Å². The van der Waals surface area contributed by atoms with Crippen LogP contribution in [-0.2, 0) is 0 Å². The van der Waals surface area contributed by atoms with E-state index in [1.165, 1.54) is 64.6 Å². The fraction of sp³-hybridized carbons (Fsp3) is 1.00. The molecule has 14 heavy (non-hydrogen) atoms. The number of hydrogen-bond acceptors (Lipinski definition) is 2. The van der Waals surface area contributed by atoms with Crippen LogP contribution < -0.4 is 0 Å². The molecule has 0 unspecified atom stereocenters. The quantitative estimate of drug-likeness (QED) is 0.687. The van der Waals surface area contributed by atoms with Crippen molar-refractivity contribution in [2.75, 3.05) is 26.2 Å². The molecule has 1 saturated heterocycles. The lowest BCUT2D eigenvalue weighted by molar-refractivity contribution is 0.235. The van der Waals surface area contributed by atoms with E-state index in [1.807, 2.05) is 0 Å². The summed E-state index contributed by atoms with van der Waals surface area (Å²) < 4.78 is 0. The topological polar surface area (TPSA) is 23.5 Å². The first-order valence-electron chi connectivity index (χ1n) is 6.26. The Balaban J connectivity index is 2.02. The molecule has 2 nitrogen and oxygen atoms in total. The maximum Gasteiger partial charge on any atom is 0.0431 e. The van der Waals surface area contributed by atoms with Gasteiger partial charge in [-0.1, -0.05) is 19.3 Å². The Labute approximate surface area is 88.3 Å². The molecule has 0 aliphatic carbocycles. The van der Waals surface area contributed by atoms with Crippen LogP contribution in [0.2, 0.25) is 0 Å². The highest BCUT2D eigenvalue weighted by Gasteiger charge is 2.06. The summed E-state index contributed by atoms with van der Waals surface area (Å²) in [5, 5.41) is 8.67. The number of likely N-dealkylation sites (tertiary alicyclic amines) is 1. The lowest BCUT2D eigenvalue weighted by atomic mass is 10.1. The molecule has 84 valence electrons. The molecule has 1 aliphatic heterocycles. The first kappa shape index (κ1) is 12.0. The monoisotopic (exact) mass is 199 g/mol. The van der Waals surface area contributed by atoms with Crippen molar-refractivity contribution < 1.29 is 5.11 Å². The van der Waals surface area contributed by atoms with Gasteiger partial charge in [0.25, 0.3) is 0 Å². The molecule has 0 saturated carbocycles. The third-order valence-corrected chi connectivity index (χ3v) is 3.08. The van der Waals surface area contributed by atoms with Crippen molar-refractivity contribution in [2.24, 2.45) is 0 Å². The molecule has 1 N–H and O–H groups in total. The fourth-order valence-corrected chi connectivity index (χ4v) is 2.16. The Hall–Kier alpha value is -0.0800. The third kappa shape index (κ3) is 5.61. The Morgan fingerprint density at radius 1 is 0.786 bits per heavy atom. The molecule has 0 radical (unpaired) electrons. The van der Waals surface area contributed by atoms with Crippen LogP contribution in [0.25, 0.3) is 0 Å². The molecule has 0 aromatic heterocycles. The summed E-state index contributed by atoms with van der Waals surface area (Å²) in [6.07, 6.45) is 10.5. The second-order valence-electron chi connectivity index (χ2n) is 4.39. The van der Waals surface area contributed by atoms with Gasteiger partial charge in [-0.15, -0.1) is 0 Å². The minimum absolute atomic E-state index is 0.361. The van der Waals surface area contributed by atoms with Crippen LogP contribution in [0, 0.1) is 0 Å². The van der Waals surface area contributed by atoms with Gasteiger partial charge in [-0.2, -0.15) is 0 Å². The molecule has 0 spiro atoms. The van der Waals surface area contributed by atoms with Gasteiger partial charge >= 0.3 is 0 Å². The maximum atomic E-state index is 8.67. The van der Waals surface area contributed by atoms with Gasteiger partial charge in [-0.25, -0.2) is 0 Å². The van der Waals surface area contributed by atoms with E-state index in [0.29, 0.717) is 6.61 Å². The average Bonchev–Trinajstić information content (AvgIpc) is 2.15. The van der Waals surface area contributed by atoms with Crippen molar-refractivity contribution in [2.45, 2.75) is 51.4 Å². The molecular formula is C12H25NO. The first-order valence-corrected chi connectivity index (χ1v) is 6.26. The van der Waals surface area contributed by atoms with Crippen molar-refractivity contribution in [1.29, 1.82) is 0 Å². The van der Waals surface area contributed by atoms with E-state index >= 15 is 0 Å². The highest BCUT2D eigenvalue weighted by molar-refractivity contribution is 4.62. The van der Waals surface area contributed by atoms with Gasteiger partial charge in [0.05, 0.1) is 0 Å². The molecule has 0 atom stereocenters. The van der Waals surface area contributed by atoms with Gasteiger partial charge in [0, 0.05) is 6.61 Å². The van der Waals surface area contributed by atoms with Crippen molar-refractivity contribution >= 4 is 0 Å². The summed E-state index contributed by atoms with van der Waals surface area (Å²) in [7, 11) is 0. The van der Waals surface area contributed by atoms with Gasteiger partial charge in [0.2, 0.25) is 0 Å². The van der Waals surface area contributed by atoms with E-state index in [-0.39, 0.29) is 0 Å². The van der Waals surface area contributed by atoms with E-state index in [0.717, 1.165) is 6.42 Å². The molecule has 0 aromatic rings. The Morgan fingerprint density at radius 2 is 1.43 bits per heavy atom. The van der Waals surface area contributed by atoms with Crippen LogP contribution in [0.4, 0.5) is 0 Å². The number of rotatable bonds is 5. The largest absolute Gasteiger partial charge is 0.396 e. The van der Waals surface area contributed by atoms with Crippen molar-refractivity contribution in [3.05, 3.63) is 0 Å². The van der Waals surface area contributed by atoms with E-state index in [2.05, 4.69) is 4.90 Å². The minimum Gasteiger partial charge on any atom is -0.396 e. The zero-order chi connectivity index (χ0) is 10.1. The molecule has 0 bridgehead atoms. The molecule has 1 fully saturated rings. The summed E-state index contributed by atoms with van der Waals surface area (Å²) >= 11 is 0. The first-order chi connectivity index (χ1) is 6.93. The Bertz CT molecular complexity index is 119. The van der Waals surface area contributed by atoms with Crippen LogP contribution in [0.1, 0.15) is 51.4 Å². The lowest BCUT2D eigenvalue weighted by Gasteiger charge is -2.24. The van der Waals surface area contributed by atoms with Crippen molar-refractivity contribution in [3.8, 4) is 0 Å².